The number of hydrogen-bond acceptors (Lipinski definition) is 6. The van der Waals surface area contributed by atoms with Crippen LogP contribution in [0.15, 0.2) is 66.2 Å². The van der Waals surface area contributed by atoms with Crippen molar-refractivity contribution in [1.82, 2.24) is 5.32 Å². The second-order valence-electron chi connectivity index (χ2n) is 8.29. The van der Waals surface area contributed by atoms with E-state index in [4.69, 9.17) is 25.8 Å². The fourth-order valence-electron chi connectivity index (χ4n) is 3.73. The van der Waals surface area contributed by atoms with Gasteiger partial charge < -0.3 is 14.2 Å². The maximum Gasteiger partial charge on any atom is 0.335 e. The quantitative estimate of drug-likeness (QED) is 0.252. The van der Waals surface area contributed by atoms with Crippen molar-refractivity contribution in [1.29, 1.82) is 0 Å². The van der Waals surface area contributed by atoms with Crippen LogP contribution in [0.3, 0.4) is 0 Å². The average molecular weight is 521 g/mol. The number of anilines is 1. The Morgan fingerprint density at radius 1 is 0.919 bits per heavy atom. The van der Waals surface area contributed by atoms with Gasteiger partial charge in [-0.05, 0) is 61.4 Å². The van der Waals surface area contributed by atoms with Crippen molar-refractivity contribution >= 4 is 41.2 Å². The fraction of sp³-hybridized carbons (Fsp3) is 0.179. The minimum absolute atomic E-state index is 0.208. The number of nitrogens with one attached hydrogen (secondary N) is 1. The van der Waals surface area contributed by atoms with Crippen molar-refractivity contribution in [2.45, 2.75) is 13.8 Å². The van der Waals surface area contributed by atoms with Gasteiger partial charge >= 0.3 is 6.03 Å². The Morgan fingerprint density at radius 3 is 2.32 bits per heavy atom. The van der Waals surface area contributed by atoms with E-state index in [0.717, 1.165) is 21.8 Å². The lowest BCUT2D eigenvalue weighted by atomic mass is 10.1. The van der Waals surface area contributed by atoms with Crippen LogP contribution in [0, 0.1) is 13.8 Å². The Labute approximate surface area is 219 Å². The SMILES string of the molecule is COc1cc(C=C2C(=O)NC(=O)N(c3ccc(C)cc3)C2=O)cc(Cl)c1OCCOc1ccccc1C. The van der Waals surface area contributed by atoms with Gasteiger partial charge in [-0.1, -0.05) is 47.5 Å². The zero-order chi connectivity index (χ0) is 26.5. The van der Waals surface area contributed by atoms with Gasteiger partial charge in [-0.2, -0.15) is 0 Å². The van der Waals surface area contributed by atoms with Crippen LogP contribution in [-0.4, -0.2) is 38.2 Å². The molecule has 1 aliphatic heterocycles. The summed E-state index contributed by atoms with van der Waals surface area (Å²) in [4.78, 5) is 39.0. The number of amides is 4. The number of aryl methyl sites for hydroxylation is 2. The summed E-state index contributed by atoms with van der Waals surface area (Å²) in [7, 11) is 1.45. The lowest BCUT2D eigenvalue weighted by molar-refractivity contribution is -0.122. The van der Waals surface area contributed by atoms with E-state index >= 15 is 0 Å². The fourth-order valence-corrected chi connectivity index (χ4v) is 4.00. The van der Waals surface area contributed by atoms with Gasteiger partial charge in [-0.15, -0.1) is 0 Å². The van der Waals surface area contributed by atoms with E-state index in [1.54, 1.807) is 36.4 Å². The molecule has 37 heavy (non-hydrogen) atoms. The number of methoxy groups -OCH3 is 1. The maximum atomic E-state index is 13.1. The molecule has 0 saturated carbocycles. The van der Waals surface area contributed by atoms with Gasteiger partial charge in [0.2, 0.25) is 0 Å². The number of imide groups is 2. The van der Waals surface area contributed by atoms with Gasteiger partial charge in [0.05, 0.1) is 17.8 Å². The number of rotatable bonds is 8. The van der Waals surface area contributed by atoms with Crippen LogP contribution in [0.1, 0.15) is 16.7 Å². The molecule has 1 heterocycles. The van der Waals surface area contributed by atoms with E-state index in [-0.39, 0.29) is 23.8 Å². The van der Waals surface area contributed by atoms with Crippen molar-refractivity contribution in [3.05, 3.63) is 87.9 Å². The first-order valence-electron chi connectivity index (χ1n) is 11.5. The van der Waals surface area contributed by atoms with E-state index in [0.29, 0.717) is 22.7 Å². The molecule has 190 valence electrons. The number of carbonyl (C=O) groups excluding carboxylic acids is 3. The topological polar surface area (TPSA) is 94.2 Å². The molecule has 0 aliphatic carbocycles. The van der Waals surface area contributed by atoms with Crippen molar-refractivity contribution in [2.24, 2.45) is 0 Å². The minimum atomic E-state index is -0.816. The van der Waals surface area contributed by atoms with E-state index in [1.807, 2.05) is 38.1 Å². The highest BCUT2D eigenvalue weighted by molar-refractivity contribution is 6.39. The van der Waals surface area contributed by atoms with Crippen LogP contribution in [0.4, 0.5) is 10.5 Å². The Hall–Kier alpha value is -4.30. The molecule has 4 rings (SSSR count). The van der Waals surface area contributed by atoms with Gasteiger partial charge in [0.1, 0.15) is 24.5 Å². The number of ether oxygens (including phenoxy) is 3. The zero-order valence-corrected chi connectivity index (χ0v) is 21.3. The van der Waals surface area contributed by atoms with E-state index in [2.05, 4.69) is 5.32 Å². The monoisotopic (exact) mass is 520 g/mol. The molecule has 0 bridgehead atoms. The molecule has 1 saturated heterocycles. The minimum Gasteiger partial charge on any atom is -0.493 e. The van der Waals surface area contributed by atoms with Crippen molar-refractivity contribution in [2.75, 3.05) is 25.2 Å². The van der Waals surface area contributed by atoms with Gasteiger partial charge in [0.15, 0.2) is 11.5 Å². The Balaban J connectivity index is 1.53. The van der Waals surface area contributed by atoms with E-state index < -0.39 is 17.8 Å². The summed E-state index contributed by atoms with van der Waals surface area (Å²) in [6.07, 6.45) is 1.35. The molecule has 0 unspecified atom stereocenters. The molecule has 1 fully saturated rings. The lowest BCUT2D eigenvalue weighted by Crippen LogP contribution is -2.54. The number of urea groups is 1. The smallest absolute Gasteiger partial charge is 0.335 e. The Kier molecular flexibility index (Phi) is 7.79. The Morgan fingerprint density at radius 2 is 1.62 bits per heavy atom. The van der Waals surface area contributed by atoms with E-state index in [1.165, 1.54) is 13.2 Å². The van der Waals surface area contributed by atoms with Gasteiger partial charge in [0, 0.05) is 0 Å². The molecule has 0 aromatic heterocycles. The average Bonchev–Trinajstić information content (AvgIpc) is 2.87. The van der Waals surface area contributed by atoms with E-state index in [9.17, 15) is 14.4 Å². The summed E-state index contributed by atoms with van der Waals surface area (Å²) in [5.41, 5.74) is 2.52. The first-order chi connectivity index (χ1) is 17.8. The van der Waals surface area contributed by atoms with Crippen LogP contribution < -0.4 is 24.4 Å². The first-order valence-corrected chi connectivity index (χ1v) is 11.8. The number of barbiturate groups is 1. The highest BCUT2D eigenvalue weighted by Gasteiger charge is 2.36. The molecule has 0 atom stereocenters. The summed E-state index contributed by atoms with van der Waals surface area (Å²) in [5, 5.41) is 2.43. The summed E-state index contributed by atoms with van der Waals surface area (Å²) in [6.45, 7) is 4.34. The molecule has 1 aliphatic rings. The first kappa shape index (κ1) is 25.8. The standard InChI is InChI=1S/C28H25ClN2O6/c1-17-8-10-20(11-9-17)31-27(33)21(26(32)30-28(31)34)14-19-15-22(29)25(24(16-19)35-3)37-13-12-36-23-7-5-4-6-18(23)2/h4-11,14-16H,12-13H2,1-3H3,(H,30,32,34). The van der Waals surface area contributed by atoms with Gasteiger partial charge in [0.25, 0.3) is 11.8 Å². The molecule has 0 radical (unpaired) electrons. The Bertz CT molecular complexity index is 1380. The maximum absolute atomic E-state index is 13.1. The molecule has 3 aromatic carbocycles. The summed E-state index contributed by atoms with van der Waals surface area (Å²) < 4.78 is 17.0. The highest BCUT2D eigenvalue weighted by atomic mass is 35.5. The molecule has 1 N–H and O–H groups in total. The number of halogens is 1. The van der Waals surface area contributed by atoms with Crippen LogP contribution in [0.5, 0.6) is 17.2 Å². The molecule has 9 heteroatoms. The summed E-state index contributed by atoms with van der Waals surface area (Å²) in [5.74, 6) is -0.177. The summed E-state index contributed by atoms with van der Waals surface area (Å²) in [6, 6.07) is 16.8. The molecule has 4 amide bonds. The third-order valence-electron chi connectivity index (χ3n) is 5.64. The number of carbonyl (C=O) groups is 3. The van der Waals surface area contributed by atoms with Gasteiger partial charge in [-0.3, -0.25) is 14.9 Å². The normalized spacial score (nSPS) is 14.5. The van der Waals surface area contributed by atoms with Crippen LogP contribution in [0.25, 0.3) is 6.08 Å². The lowest BCUT2D eigenvalue weighted by Gasteiger charge is -2.26. The van der Waals surface area contributed by atoms with Crippen LogP contribution >= 0.6 is 11.6 Å². The molecule has 8 nitrogen and oxygen atoms in total. The molecule has 0 spiro atoms. The van der Waals surface area contributed by atoms with Crippen molar-refractivity contribution < 1.29 is 28.6 Å². The van der Waals surface area contributed by atoms with Gasteiger partial charge in [-0.25, -0.2) is 9.69 Å². The second-order valence-corrected chi connectivity index (χ2v) is 8.70. The predicted molar refractivity (Wildman–Crippen MR) is 140 cm³/mol. The number of nitrogens with zero attached hydrogens (tertiary/aromatic N) is 1. The third kappa shape index (κ3) is 5.76. The molecular formula is C28H25ClN2O6. The number of para-hydroxylation sites is 1. The zero-order valence-electron chi connectivity index (χ0n) is 20.5. The van der Waals surface area contributed by atoms with Crippen LogP contribution in [-0.2, 0) is 9.59 Å². The number of hydrogen-bond donors (Lipinski definition) is 1. The van der Waals surface area contributed by atoms with Crippen molar-refractivity contribution in [3.8, 4) is 17.2 Å². The summed E-state index contributed by atoms with van der Waals surface area (Å²) >= 11 is 6.46. The second kappa shape index (κ2) is 11.2. The largest absolute Gasteiger partial charge is 0.493 e. The molecule has 3 aromatic rings. The third-order valence-corrected chi connectivity index (χ3v) is 5.92. The van der Waals surface area contributed by atoms with Crippen molar-refractivity contribution in [3.63, 3.8) is 0 Å². The highest BCUT2D eigenvalue weighted by Crippen LogP contribution is 2.37. The number of benzene rings is 3. The predicted octanol–water partition coefficient (Wildman–Crippen LogP) is 5.09. The molecular weight excluding hydrogens is 496 g/mol. The van der Waals surface area contributed by atoms with Crippen LogP contribution in [0.2, 0.25) is 5.02 Å².